The van der Waals surface area contributed by atoms with E-state index in [1.54, 1.807) is 0 Å². The number of hydrogen-bond acceptors (Lipinski definition) is 2. The van der Waals surface area contributed by atoms with Gasteiger partial charge in [-0.05, 0) is 62.2 Å². The first-order valence-electron chi connectivity index (χ1n) is 8.12. The Kier molecular flexibility index (Phi) is 2.85. The maximum Gasteiger partial charge on any atom is 0.213 e. The first kappa shape index (κ1) is 11.9. The molecule has 0 amide bonds. The van der Waals surface area contributed by atoms with E-state index in [0.29, 0.717) is 12.1 Å². The number of nitrogens with two attached hydrogens (primary N) is 1. The highest BCUT2D eigenvalue weighted by atomic mass is 15.3. The fraction of sp³-hybridized carbons (Fsp3) is 0.933. The van der Waals surface area contributed by atoms with Crippen molar-refractivity contribution in [3.63, 3.8) is 0 Å². The summed E-state index contributed by atoms with van der Waals surface area (Å²) < 4.78 is 0. The predicted molar refractivity (Wildman–Crippen MR) is 76.4 cm³/mol. The number of guanidine groups is 1. The SMILES string of the molecule is NN=C(NC1CC2CCC1C2)NC1CC2CCC1C2. The second kappa shape index (κ2) is 4.57. The van der Waals surface area contributed by atoms with Crippen LogP contribution in [0.3, 0.4) is 0 Å². The van der Waals surface area contributed by atoms with Crippen LogP contribution in [0.15, 0.2) is 5.10 Å². The van der Waals surface area contributed by atoms with Crippen molar-refractivity contribution in [2.45, 2.75) is 63.5 Å². The Morgan fingerprint density at radius 1 is 0.789 bits per heavy atom. The molecule has 0 saturated heterocycles. The summed E-state index contributed by atoms with van der Waals surface area (Å²) in [6, 6.07) is 1.24. The number of nitrogens with zero attached hydrogens (tertiary/aromatic N) is 1. The molecular formula is C15H26N4. The van der Waals surface area contributed by atoms with Crippen molar-refractivity contribution in [1.29, 1.82) is 0 Å². The highest BCUT2D eigenvalue weighted by Crippen LogP contribution is 2.45. The van der Waals surface area contributed by atoms with Crippen LogP contribution in [0.5, 0.6) is 0 Å². The molecule has 0 heterocycles. The average molecular weight is 262 g/mol. The Morgan fingerprint density at radius 3 is 1.63 bits per heavy atom. The molecule has 4 bridgehead atoms. The van der Waals surface area contributed by atoms with E-state index in [-0.39, 0.29) is 0 Å². The lowest BCUT2D eigenvalue weighted by atomic mass is 9.95. The summed E-state index contributed by atoms with van der Waals surface area (Å²) in [6.45, 7) is 0. The summed E-state index contributed by atoms with van der Waals surface area (Å²) in [4.78, 5) is 0. The Morgan fingerprint density at radius 2 is 1.32 bits per heavy atom. The number of fused-ring (bicyclic) bond motifs is 4. The highest BCUT2D eigenvalue weighted by molar-refractivity contribution is 5.80. The van der Waals surface area contributed by atoms with Gasteiger partial charge in [-0.2, -0.15) is 0 Å². The van der Waals surface area contributed by atoms with Gasteiger partial charge in [0.2, 0.25) is 5.96 Å². The molecule has 4 rings (SSSR count). The van der Waals surface area contributed by atoms with E-state index < -0.39 is 0 Å². The maximum absolute atomic E-state index is 5.59. The first-order chi connectivity index (χ1) is 9.31. The molecule has 6 atom stereocenters. The van der Waals surface area contributed by atoms with E-state index in [1.165, 1.54) is 51.4 Å². The fourth-order valence-corrected chi connectivity index (χ4v) is 5.31. The minimum Gasteiger partial charge on any atom is -0.352 e. The number of nitrogens with one attached hydrogen (secondary N) is 2. The third kappa shape index (κ3) is 2.09. The van der Waals surface area contributed by atoms with E-state index in [0.717, 1.165) is 29.6 Å². The minimum atomic E-state index is 0.618. The normalized spacial score (nSPS) is 46.5. The molecule has 0 spiro atoms. The first-order valence-corrected chi connectivity index (χ1v) is 8.12. The van der Waals surface area contributed by atoms with Gasteiger partial charge in [0.25, 0.3) is 0 Å². The van der Waals surface area contributed by atoms with Crippen LogP contribution in [0.25, 0.3) is 0 Å². The lowest BCUT2D eigenvalue weighted by molar-refractivity contribution is 0.366. The summed E-state index contributed by atoms with van der Waals surface area (Å²) in [5, 5.41) is 11.2. The molecule has 0 aromatic heterocycles. The van der Waals surface area contributed by atoms with Crippen molar-refractivity contribution in [2.75, 3.05) is 0 Å². The van der Waals surface area contributed by atoms with Gasteiger partial charge < -0.3 is 16.5 Å². The minimum absolute atomic E-state index is 0.618. The van der Waals surface area contributed by atoms with E-state index in [4.69, 9.17) is 5.84 Å². The maximum atomic E-state index is 5.59. The van der Waals surface area contributed by atoms with E-state index in [2.05, 4.69) is 15.7 Å². The zero-order valence-corrected chi connectivity index (χ0v) is 11.6. The third-order valence-electron chi connectivity index (χ3n) is 6.25. The molecule has 0 aliphatic heterocycles. The van der Waals surface area contributed by atoms with Gasteiger partial charge in [0.1, 0.15) is 0 Å². The van der Waals surface area contributed by atoms with E-state index in [1.807, 2.05) is 0 Å². The summed E-state index contributed by atoms with van der Waals surface area (Å²) in [6.07, 6.45) is 11.2. The molecule has 0 aromatic carbocycles. The molecule has 4 heteroatoms. The van der Waals surface area contributed by atoms with Gasteiger partial charge in [-0.25, -0.2) is 0 Å². The van der Waals surface area contributed by atoms with Gasteiger partial charge in [-0.15, -0.1) is 5.10 Å². The molecule has 4 saturated carbocycles. The Balaban J connectivity index is 1.34. The van der Waals surface area contributed by atoms with Crippen molar-refractivity contribution in [1.82, 2.24) is 10.6 Å². The van der Waals surface area contributed by atoms with Crippen LogP contribution in [-0.2, 0) is 0 Å². The number of hydrogen-bond donors (Lipinski definition) is 3. The number of rotatable bonds is 2. The predicted octanol–water partition coefficient (Wildman–Crippen LogP) is 1.77. The Bertz CT molecular complexity index is 348. The molecule has 4 aliphatic carbocycles. The van der Waals surface area contributed by atoms with Gasteiger partial charge in [-0.1, -0.05) is 12.8 Å². The van der Waals surface area contributed by atoms with Crippen molar-refractivity contribution in [3.05, 3.63) is 0 Å². The quantitative estimate of drug-likeness (QED) is 0.308. The summed E-state index contributed by atoms with van der Waals surface area (Å²) in [5.74, 6) is 10.1. The van der Waals surface area contributed by atoms with Crippen LogP contribution in [0.1, 0.15) is 51.4 Å². The van der Waals surface area contributed by atoms with Gasteiger partial charge >= 0.3 is 0 Å². The van der Waals surface area contributed by atoms with Crippen molar-refractivity contribution >= 4 is 5.96 Å². The highest BCUT2D eigenvalue weighted by Gasteiger charge is 2.42. The lowest BCUT2D eigenvalue weighted by Gasteiger charge is -2.29. The third-order valence-corrected chi connectivity index (χ3v) is 6.25. The molecule has 106 valence electrons. The largest absolute Gasteiger partial charge is 0.352 e. The second-order valence-electron chi connectivity index (χ2n) is 7.33. The molecule has 4 nitrogen and oxygen atoms in total. The van der Waals surface area contributed by atoms with Crippen LogP contribution in [0.4, 0.5) is 0 Å². The molecule has 0 radical (unpaired) electrons. The fourth-order valence-electron chi connectivity index (χ4n) is 5.31. The van der Waals surface area contributed by atoms with E-state index in [9.17, 15) is 0 Å². The summed E-state index contributed by atoms with van der Waals surface area (Å²) >= 11 is 0. The number of hydrazone groups is 1. The Labute approximate surface area is 115 Å². The van der Waals surface area contributed by atoms with Gasteiger partial charge in [0, 0.05) is 12.1 Å². The summed E-state index contributed by atoms with van der Waals surface area (Å²) in [7, 11) is 0. The average Bonchev–Trinajstić information content (AvgIpc) is 3.18. The molecule has 4 fully saturated rings. The molecule has 19 heavy (non-hydrogen) atoms. The zero-order chi connectivity index (χ0) is 12.8. The molecule has 4 aliphatic rings. The molecule has 6 unspecified atom stereocenters. The molecule has 4 N–H and O–H groups in total. The van der Waals surface area contributed by atoms with Gasteiger partial charge in [-0.3, -0.25) is 0 Å². The van der Waals surface area contributed by atoms with Crippen molar-refractivity contribution in [2.24, 2.45) is 34.6 Å². The summed E-state index contributed by atoms with van der Waals surface area (Å²) in [5.41, 5.74) is 0. The smallest absolute Gasteiger partial charge is 0.213 e. The molecule has 0 aromatic rings. The van der Waals surface area contributed by atoms with Gasteiger partial charge in [0.15, 0.2) is 0 Å². The Hall–Kier alpha value is -0.930. The van der Waals surface area contributed by atoms with Gasteiger partial charge in [0.05, 0.1) is 0 Å². The van der Waals surface area contributed by atoms with Crippen LogP contribution in [0, 0.1) is 23.7 Å². The van der Waals surface area contributed by atoms with Crippen LogP contribution in [0.2, 0.25) is 0 Å². The monoisotopic (exact) mass is 262 g/mol. The zero-order valence-electron chi connectivity index (χ0n) is 11.6. The molecular weight excluding hydrogens is 236 g/mol. The van der Waals surface area contributed by atoms with Crippen molar-refractivity contribution < 1.29 is 0 Å². The second-order valence-corrected chi connectivity index (χ2v) is 7.33. The standard InChI is InChI=1S/C15H26N4/c16-19-15(17-13-7-9-1-3-11(13)5-9)18-14-8-10-2-4-12(14)6-10/h9-14H,1-8,16H2,(H2,17,18,19). The topological polar surface area (TPSA) is 62.4 Å². The lowest BCUT2D eigenvalue weighted by Crippen LogP contribution is -2.50. The van der Waals surface area contributed by atoms with Crippen LogP contribution in [-0.4, -0.2) is 18.0 Å². The van der Waals surface area contributed by atoms with Crippen molar-refractivity contribution in [3.8, 4) is 0 Å². The van der Waals surface area contributed by atoms with E-state index >= 15 is 0 Å². The van der Waals surface area contributed by atoms with Crippen LogP contribution < -0.4 is 16.5 Å². The van der Waals surface area contributed by atoms with Crippen LogP contribution >= 0.6 is 0 Å².